The lowest BCUT2D eigenvalue weighted by Gasteiger charge is -2.21. The quantitative estimate of drug-likeness (QED) is 0.685. The maximum Gasteiger partial charge on any atom is 0.264 e. The zero-order valence-corrected chi connectivity index (χ0v) is 15.3. The summed E-state index contributed by atoms with van der Waals surface area (Å²) in [4.78, 5) is 17.8. The van der Waals surface area contributed by atoms with Crippen LogP contribution in [0.3, 0.4) is 0 Å². The first-order chi connectivity index (χ1) is 12.7. The lowest BCUT2D eigenvalue weighted by Crippen LogP contribution is -2.34. The van der Waals surface area contributed by atoms with Crippen LogP contribution in [-0.4, -0.2) is 41.9 Å². The number of fused-ring (bicyclic) bond motifs is 1. The van der Waals surface area contributed by atoms with Crippen molar-refractivity contribution in [2.24, 2.45) is 0 Å². The Morgan fingerprint density at radius 2 is 1.85 bits per heavy atom. The van der Waals surface area contributed by atoms with Gasteiger partial charge >= 0.3 is 0 Å². The summed E-state index contributed by atoms with van der Waals surface area (Å²) < 4.78 is 14.7. The summed E-state index contributed by atoms with van der Waals surface area (Å²) in [5.41, 5.74) is 1.30. The second-order valence-corrected chi connectivity index (χ2v) is 7.75. The van der Waals surface area contributed by atoms with Crippen LogP contribution in [0.1, 0.15) is 21.7 Å². The average Bonchev–Trinajstić information content (AvgIpc) is 2.97. The minimum Gasteiger partial charge on any atom is -0.337 e. The van der Waals surface area contributed by atoms with Gasteiger partial charge < -0.3 is 4.90 Å². The summed E-state index contributed by atoms with van der Waals surface area (Å²) in [5, 5.41) is 0.543. The molecule has 0 saturated carbocycles. The van der Waals surface area contributed by atoms with Gasteiger partial charge in [0.05, 0.1) is 4.88 Å². The first-order valence-corrected chi connectivity index (χ1v) is 9.76. The van der Waals surface area contributed by atoms with Gasteiger partial charge in [-0.15, -0.1) is 11.3 Å². The lowest BCUT2D eigenvalue weighted by molar-refractivity contribution is 0.0766. The van der Waals surface area contributed by atoms with Gasteiger partial charge in [0.15, 0.2) is 0 Å². The smallest absolute Gasteiger partial charge is 0.264 e. The Labute approximate surface area is 156 Å². The SMILES string of the molecule is O=C(c1cc2c(F)cccc2s1)N1CCCN(Cc2ccccc2)CC1. The molecule has 1 aliphatic rings. The van der Waals surface area contributed by atoms with Crippen molar-refractivity contribution in [3.8, 4) is 0 Å². The molecule has 0 N–H and O–H groups in total. The van der Waals surface area contributed by atoms with Gasteiger partial charge in [-0.05, 0) is 30.2 Å². The second kappa shape index (κ2) is 7.56. The Balaban J connectivity index is 1.44. The molecule has 0 bridgehead atoms. The molecule has 1 fully saturated rings. The molecule has 3 aromatic rings. The van der Waals surface area contributed by atoms with E-state index in [-0.39, 0.29) is 11.7 Å². The molecule has 0 unspecified atom stereocenters. The fraction of sp³-hybridized carbons (Fsp3) is 0.286. The normalized spacial score (nSPS) is 16.0. The highest BCUT2D eigenvalue weighted by Gasteiger charge is 2.22. The molecular weight excluding hydrogens is 347 g/mol. The van der Waals surface area contributed by atoms with Gasteiger partial charge in [-0.1, -0.05) is 36.4 Å². The van der Waals surface area contributed by atoms with E-state index in [0.29, 0.717) is 16.8 Å². The van der Waals surface area contributed by atoms with Gasteiger partial charge in [-0.25, -0.2) is 4.39 Å². The maximum atomic E-state index is 13.9. The van der Waals surface area contributed by atoms with Crippen molar-refractivity contribution in [1.82, 2.24) is 9.80 Å². The van der Waals surface area contributed by atoms with Crippen molar-refractivity contribution in [2.75, 3.05) is 26.2 Å². The number of halogens is 1. The number of amides is 1. The van der Waals surface area contributed by atoms with Gasteiger partial charge in [0.2, 0.25) is 0 Å². The number of nitrogens with zero attached hydrogens (tertiary/aromatic N) is 2. The van der Waals surface area contributed by atoms with E-state index < -0.39 is 0 Å². The maximum absolute atomic E-state index is 13.9. The van der Waals surface area contributed by atoms with E-state index in [1.807, 2.05) is 17.0 Å². The van der Waals surface area contributed by atoms with Crippen LogP contribution < -0.4 is 0 Å². The van der Waals surface area contributed by atoms with Gasteiger partial charge in [0.25, 0.3) is 5.91 Å². The fourth-order valence-electron chi connectivity index (χ4n) is 3.46. The molecule has 1 aliphatic heterocycles. The number of carbonyl (C=O) groups excluding carboxylic acids is 1. The minimum absolute atomic E-state index is 0.0205. The molecule has 2 aromatic carbocycles. The van der Waals surface area contributed by atoms with Gasteiger partial charge in [0.1, 0.15) is 5.82 Å². The molecule has 0 aliphatic carbocycles. The highest BCUT2D eigenvalue weighted by atomic mass is 32.1. The lowest BCUT2D eigenvalue weighted by atomic mass is 10.2. The molecule has 3 nitrogen and oxygen atoms in total. The van der Waals surface area contributed by atoms with Crippen LogP contribution in [0.4, 0.5) is 4.39 Å². The van der Waals surface area contributed by atoms with Crippen molar-refractivity contribution in [3.63, 3.8) is 0 Å². The summed E-state index contributed by atoms with van der Waals surface area (Å²) in [6, 6.07) is 17.1. The van der Waals surface area contributed by atoms with Crippen LogP contribution in [0.2, 0.25) is 0 Å². The molecule has 0 atom stereocenters. The van der Waals surface area contributed by atoms with Crippen LogP contribution in [0.5, 0.6) is 0 Å². The topological polar surface area (TPSA) is 23.6 Å². The summed E-state index contributed by atoms with van der Waals surface area (Å²) >= 11 is 1.38. The van der Waals surface area contributed by atoms with Crippen LogP contribution in [-0.2, 0) is 6.54 Å². The Morgan fingerprint density at radius 3 is 2.65 bits per heavy atom. The predicted octanol–water partition coefficient (Wildman–Crippen LogP) is 4.39. The van der Waals surface area contributed by atoms with Gasteiger partial charge in [0, 0.05) is 42.8 Å². The molecule has 0 spiro atoms. The summed E-state index contributed by atoms with van der Waals surface area (Å²) in [6.45, 7) is 4.22. The fourth-order valence-corrected chi connectivity index (χ4v) is 4.50. The largest absolute Gasteiger partial charge is 0.337 e. The molecule has 1 saturated heterocycles. The monoisotopic (exact) mass is 368 g/mol. The standard InChI is InChI=1S/C21H21FN2OS/c22-18-8-4-9-19-17(18)14-20(26-19)21(25)24-11-5-10-23(12-13-24)15-16-6-2-1-3-7-16/h1-4,6-9,14H,5,10-13,15H2. The molecule has 5 heteroatoms. The molecule has 4 rings (SSSR count). The van der Waals surface area contributed by atoms with E-state index in [9.17, 15) is 9.18 Å². The van der Waals surface area contributed by atoms with Crippen LogP contribution >= 0.6 is 11.3 Å². The van der Waals surface area contributed by atoms with E-state index in [1.165, 1.54) is 23.0 Å². The number of rotatable bonds is 3. The van der Waals surface area contributed by atoms with Gasteiger partial charge in [-0.3, -0.25) is 9.69 Å². The molecule has 26 heavy (non-hydrogen) atoms. The first-order valence-electron chi connectivity index (χ1n) is 8.94. The molecule has 0 radical (unpaired) electrons. The highest BCUT2D eigenvalue weighted by molar-refractivity contribution is 7.20. The zero-order valence-electron chi connectivity index (χ0n) is 14.5. The van der Waals surface area contributed by atoms with Crippen molar-refractivity contribution in [2.45, 2.75) is 13.0 Å². The molecule has 134 valence electrons. The summed E-state index contributed by atoms with van der Waals surface area (Å²) in [6.07, 6.45) is 0.956. The molecule has 1 aromatic heterocycles. The van der Waals surface area contributed by atoms with Crippen LogP contribution in [0, 0.1) is 5.82 Å². The average molecular weight is 368 g/mol. The van der Waals surface area contributed by atoms with E-state index in [4.69, 9.17) is 0 Å². The molecular formula is C21H21FN2OS. The van der Waals surface area contributed by atoms with E-state index in [2.05, 4.69) is 29.2 Å². The number of hydrogen-bond donors (Lipinski definition) is 0. The Morgan fingerprint density at radius 1 is 1.00 bits per heavy atom. The number of carbonyl (C=O) groups is 1. The van der Waals surface area contributed by atoms with E-state index in [1.54, 1.807) is 12.1 Å². The van der Waals surface area contributed by atoms with Crippen molar-refractivity contribution in [1.29, 1.82) is 0 Å². The molecule has 1 amide bonds. The van der Waals surface area contributed by atoms with Crippen molar-refractivity contribution < 1.29 is 9.18 Å². The third kappa shape index (κ3) is 3.64. The van der Waals surface area contributed by atoms with E-state index >= 15 is 0 Å². The Kier molecular flexibility index (Phi) is 5.00. The Hall–Kier alpha value is -2.24. The predicted molar refractivity (Wildman–Crippen MR) is 104 cm³/mol. The minimum atomic E-state index is -0.261. The second-order valence-electron chi connectivity index (χ2n) is 6.67. The Bertz CT molecular complexity index is 909. The van der Waals surface area contributed by atoms with Crippen LogP contribution in [0.25, 0.3) is 10.1 Å². The summed E-state index contributed by atoms with van der Waals surface area (Å²) in [5.74, 6) is -0.241. The molecule has 2 heterocycles. The highest BCUT2D eigenvalue weighted by Crippen LogP contribution is 2.28. The third-order valence-electron chi connectivity index (χ3n) is 4.84. The number of benzene rings is 2. The van der Waals surface area contributed by atoms with Crippen LogP contribution in [0.15, 0.2) is 54.6 Å². The van der Waals surface area contributed by atoms with Crippen molar-refractivity contribution in [3.05, 3.63) is 70.9 Å². The number of thiophene rings is 1. The van der Waals surface area contributed by atoms with Crippen molar-refractivity contribution >= 4 is 27.3 Å². The first kappa shape index (κ1) is 17.2. The zero-order chi connectivity index (χ0) is 17.9. The summed E-state index contributed by atoms with van der Waals surface area (Å²) in [7, 11) is 0. The van der Waals surface area contributed by atoms with E-state index in [0.717, 1.165) is 37.3 Å². The number of hydrogen-bond acceptors (Lipinski definition) is 3. The van der Waals surface area contributed by atoms with Gasteiger partial charge in [-0.2, -0.15) is 0 Å². The third-order valence-corrected chi connectivity index (χ3v) is 5.93.